The minimum atomic E-state index is -0.0939. The van der Waals surface area contributed by atoms with Gasteiger partial charge in [0.25, 0.3) is 11.5 Å². The molecule has 5 aromatic rings. The van der Waals surface area contributed by atoms with Crippen LogP contribution in [-0.2, 0) is 19.4 Å². The lowest BCUT2D eigenvalue weighted by Gasteiger charge is -2.08. The van der Waals surface area contributed by atoms with Gasteiger partial charge in [0.05, 0.1) is 0 Å². The lowest BCUT2D eigenvalue weighted by molar-refractivity contribution is 0.0951. The number of aromatic nitrogens is 1. The Morgan fingerprint density at radius 1 is 0.857 bits per heavy atom. The van der Waals surface area contributed by atoms with Gasteiger partial charge in [-0.15, -0.1) is 11.3 Å². The number of carbonyl (C=O) groups is 1. The molecule has 2 N–H and O–H groups in total. The Balaban J connectivity index is 1.22. The molecule has 2 heterocycles. The number of fused-ring (bicyclic) bond motifs is 1. The molecule has 6 heteroatoms. The Labute approximate surface area is 212 Å². The SMILES string of the molecule is O=C(NCc1csc2cc(Cl)ccc12)c1cccc(Cc2ccc(Cc3ccc[nH]c3=O)cc2)c1. The van der Waals surface area contributed by atoms with Crippen LogP contribution in [0.4, 0.5) is 0 Å². The van der Waals surface area contributed by atoms with E-state index in [4.69, 9.17) is 11.6 Å². The fourth-order valence-electron chi connectivity index (χ4n) is 4.12. The summed E-state index contributed by atoms with van der Waals surface area (Å²) in [6.07, 6.45) is 2.96. The molecule has 174 valence electrons. The Bertz CT molecular complexity index is 1550. The molecule has 2 aromatic heterocycles. The first-order valence-electron chi connectivity index (χ1n) is 11.3. The molecule has 5 rings (SSSR count). The van der Waals surface area contributed by atoms with Crippen molar-refractivity contribution in [1.82, 2.24) is 10.3 Å². The van der Waals surface area contributed by atoms with Crippen molar-refractivity contribution >= 4 is 38.9 Å². The maximum absolute atomic E-state index is 12.8. The summed E-state index contributed by atoms with van der Waals surface area (Å²) < 4.78 is 1.12. The number of pyridine rings is 1. The number of hydrogen-bond acceptors (Lipinski definition) is 3. The number of amides is 1. The highest BCUT2D eigenvalue weighted by molar-refractivity contribution is 7.17. The van der Waals surface area contributed by atoms with Crippen LogP contribution in [0.5, 0.6) is 0 Å². The predicted molar refractivity (Wildman–Crippen MR) is 144 cm³/mol. The molecule has 0 bridgehead atoms. The van der Waals surface area contributed by atoms with Gasteiger partial charge in [-0.25, -0.2) is 0 Å². The Morgan fingerprint density at radius 3 is 2.46 bits per heavy atom. The van der Waals surface area contributed by atoms with E-state index < -0.39 is 0 Å². The van der Waals surface area contributed by atoms with Crippen molar-refractivity contribution in [3.8, 4) is 0 Å². The summed E-state index contributed by atoms with van der Waals surface area (Å²) in [7, 11) is 0. The van der Waals surface area contributed by atoms with Crippen molar-refractivity contribution in [2.75, 3.05) is 0 Å². The first-order chi connectivity index (χ1) is 17.0. The van der Waals surface area contributed by atoms with Gasteiger partial charge in [0.1, 0.15) is 0 Å². The molecule has 0 unspecified atom stereocenters. The highest BCUT2D eigenvalue weighted by atomic mass is 35.5. The van der Waals surface area contributed by atoms with Gasteiger partial charge >= 0.3 is 0 Å². The fraction of sp³-hybridized carbons (Fsp3) is 0.103. The maximum Gasteiger partial charge on any atom is 0.251 e. The quantitative estimate of drug-likeness (QED) is 0.274. The van der Waals surface area contributed by atoms with Crippen molar-refractivity contribution in [1.29, 1.82) is 0 Å². The van der Waals surface area contributed by atoms with Crippen LogP contribution in [0.15, 0.2) is 95.2 Å². The van der Waals surface area contributed by atoms with Gasteiger partial charge in [-0.3, -0.25) is 9.59 Å². The second kappa shape index (κ2) is 10.3. The summed E-state index contributed by atoms with van der Waals surface area (Å²) in [6, 6.07) is 25.5. The number of hydrogen-bond donors (Lipinski definition) is 2. The second-order valence-corrected chi connectivity index (χ2v) is 9.83. The molecule has 0 aliphatic carbocycles. The highest BCUT2D eigenvalue weighted by Gasteiger charge is 2.10. The van der Waals surface area contributed by atoms with Crippen LogP contribution in [0.3, 0.4) is 0 Å². The lowest BCUT2D eigenvalue weighted by Crippen LogP contribution is -2.22. The molecule has 4 nitrogen and oxygen atoms in total. The molecule has 0 atom stereocenters. The zero-order valence-corrected chi connectivity index (χ0v) is 20.5. The summed E-state index contributed by atoms with van der Waals surface area (Å²) in [6.45, 7) is 0.469. The molecule has 3 aromatic carbocycles. The largest absolute Gasteiger partial charge is 0.348 e. The van der Waals surface area contributed by atoms with Gasteiger partial charge in [0.2, 0.25) is 0 Å². The third-order valence-electron chi connectivity index (χ3n) is 5.97. The monoisotopic (exact) mass is 498 g/mol. The zero-order valence-electron chi connectivity index (χ0n) is 18.9. The molecule has 1 amide bonds. The van der Waals surface area contributed by atoms with Crippen molar-refractivity contribution in [2.24, 2.45) is 0 Å². The van der Waals surface area contributed by atoms with E-state index in [9.17, 15) is 9.59 Å². The van der Waals surface area contributed by atoms with Crippen LogP contribution in [-0.4, -0.2) is 10.9 Å². The van der Waals surface area contributed by atoms with E-state index in [1.54, 1.807) is 17.5 Å². The number of H-pyrrole nitrogens is 1. The molecule has 0 fully saturated rings. The highest BCUT2D eigenvalue weighted by Crippen LogP contribution is 2.28. The molecule has 0 radical (unpaired) electrons. The average molecular weight is 499 g/mol. The first kappa shape index (κ1) is 23.1. The number of nitrogens with one attached hydrogen (secondary N) is 2. The first-order valence-corrected chi connectivity index (χ1v) is 12.6. The summed E-state index contributed by atoms with van der Waals surface area (Å²) in [4.78, 5) is 27.4. The molecule has 35 heavy (non-hydrogen) atoms. The molecular formula is C29H23ClN2O2S. The summed E-state index contributed by atoms with van der Waals surface area (Å²) >= 11 is 7.71. The third-order valence-corrected chi connectivity index (χ3v) is 7.20. The molecular weight excluding hydrogens is 476 g/mol. The van der Waals surface area contributed by atoms with E-state index in [0.717, 1.165) is 44.3 Å². The van der Waals surface area contributed by atoms with Crippen molar-refractivity contribution < 1.29 is 4.79 Å². The number of benzene rings is 3. The van der Waals surface area contributed by atoms with Gasteiger partial charge in [0, 0.05) is 40.0 Å². The Morgan fingerprint density at radius 2 is 1.66 bits per heavy atom. The zero-order chi connectivity index (χ0) is 24.2. The van der Waals surface area contributed by atoms with E-state index in [-0.39, 0.29) is 11.5 Å². The third kappa shape index (κ3) is 5.53. The minimum absolute atomic E-state index is 0.0525. The molecule has 0 spiro atoms. The van der Waals surface area contributed by atoms with Gasteiger partial charge in [-0.05, 0) is 69.8 Å². The molecule has 0 saturated carbocycles. The average Bonchev–Trinajstić information content (AvgIpc) is 3.27. The second-order valence-electron chi connectivity index (χ2n) is 8.48. The minimum Gasteiger partial charge on any atom is -0.348 e. The van der Waals surface area contributed by atoms with E-state index in [0.29, 0.717) is 23.6 Å². The fourth-order valence-corrected chi connectivity index (χ4v) is 5.36. The van der Waals surface area contributed by atoms with Crippen LogP contribution in [0.2, 0.25) is 5.02 Å². The molecule has 0 saturated heterocycles. The molecule has 0 aliphatic rings. The van der Waals surface area contributed by atoms with Crippen LogP contribution in [0, 0.1) is 0 Å². The summed E-state index contributed by atoms with van der Waals surface area (Å²) in [5, 5.41) is 6.94. The van der Waals surface area contributed by atoms with E-state index in [1.165, 1.54) is 0 Å². The van der Waals surface area contributed by atoms with E-state index in [2.05, 4.69) is 39.9 Å². The van der Waals surface area contributed by atoms with Gasteiger partial charge in [0.15, 0.2) is 0 Å². The van der Waals surface area contributed by atoms with E-state index in [1.807, 2.05) is 54.6 Å². The Kier molecular flexibility index (Phi) is 6.80. The number of carbonyl (C=O) groups excluding carboxylic acids is 1. The maximum atomic E-state index is 12.8. The topological polar surface area (TPSA) is 62.0 Å². The van der Waals surface area contributed by atoms with Crippen LogP contribution >= 0.6 is 22.9 Å². The van der Waals surface area contributed by atoms with Crippen molar-refractivity contribution in [2.45, 2.75) is 19.4 Å². The predicted octanol–water partition coefficient (Wildman–Crippen LogP) is 6.35. The van der Waals surface area contributed by atoms with Crippen molar-refractivity contribution in [3.05, 3.63) is 139 Å². The number of halogens is 1. The van der Waals surface area contributed by atoms with Gasteiger partial charge in [-0.1, -0.05) is 60.1 Å². The summed E-state index contributed by atoms with van der Waals surface area (Å²) in [5.41, 5.74) is 5.73. The standard InChI is InChI=1S/C29H23ClN2O2S/c30-25-10-11-26-24(18-35-27(26)16-25)17-32-29(34)22-4-1-3-21(15-22)13-19-6-8-20(9-7-19)14-23-5-2-12-31-28(23)33/h1-12,15-16,18H,13-14,17H2,(H,31,33)(H,32,34). The lowest BCUT2D eigenvalue weighted by atomic mass is 9.99. The summed E-state index contributed by atoms with van der Waals surface area (Å²) in [5.74, 6) is -0.0939. The normalized spacial score (nSPS) is 11.0. The van der Waals surface area contributed by atoms with Crippen molar-refractivity contribution in [3.63, 3.8) is 0 Å². The van der Waals surface area contributed by atoms with Crippen LogP contribution in [0.1, 0.15) is 38.2 Å². The number of aromatic amines is 1. The van der Waals surface area contributed by atoms with E-state index >= 15 is 0 Å². The number of rotatable bonds is 7. The van der Waals surface area contributed by atoms with Crippen LogP contribution in [0.25, 0.3) is 10.1 Å². The number of thiophene rings is 1. The Hall–Kier alpha value is -3.67. The molecule has 0 aliphatic heterocycles. The smallest absolute Gasteiger partial charge is 0.251 e. The van der Waals surface area contributed by atoms with Gasteiger partial charge in [-0.2, -0.15) is 0 Å². The van der Waals surface area contributed by atoms with Gasteiger partial charge < -0.3 is 10.3 Å². The van der Waals surface area contributed by atoms with Crippen LogP contribution < -0.4 is 10.9 Å².